The fourth-order valence-corrected chi connectivity index (χ4v) is 2.53. The van der Waals surface area contributed by atoms with E-state index in [1.54, 1.807) is 4.90 Å². The molecule has 8 heteroatoms. The summed E-state index contributed by atoms with van der Waals surface area (Å²) in [4.78, 5) is 9.68. The Morgan fingerprint density at radius 3 is 2.57 bits per heavy atom. The molecule has 0 aliphatic carbocycles. The predicted octanol–water partition coefficient (Wildman–Crippen LogP) is 3.55. The second kappa shape index (κ2) is 5.88. The molecule has 0 amide bonds. The lowest BCUT2D eigenvalue weighted by atomic mass is 10.3. The summed E-state index contributed by atoms with van der Waals surface area (Å²) in [6.45, 7) is 4.25. The molecule has 2 heterocycles. The summed E-state index contributed by atoms with van der Waals surface area (Å²) in [7, 11) is 0. The first kappa shape index (κ1) is 15.6. The van der Waals surface area contributed by atoms with Crippen LogP contribution < -0.4 is 10.6 Å². The van der Waals surface area contributed by atoms with Crippen molar-refractivity contribution in [3.8, 4) is 0 Å². The molecule has 0 unspecified atom stereocenters. The van der Waals surface area contributed by atoms with Crippen LogP contribution in [0.4, 0.5) is 24.8 Å². The van der Waals surface area contributed by atoms with Gasteiger partial charge in [-0.1, -0.05) is 6.07 Å². The third-order valence-electron chi connectivity index (χ3n) is 2.81. The number of nitrogens with two attached hydrogens (primary N) is 1. The van der Waals surface area contributed by atoms with Crippen LogP contribution in [0.25, 0.3) is 0 Å². The van der Waals surface area contributed by atoms with Gasteiger partial charge in [0.1, 0.15) is 11.6 Å². The van der Waals surface area contributed by atoms with Crippen molar-refractivity contribution in [3.63, 3.8) is 0 Å². The fourth-order valence-electron chi connectivity index (χ4n) is 1.83. The SMILES string of the molecule is CC(C)N(Cc1cccs1)c1cc(N)nc(C(F)(F)F)n1. The molecule has 4 nitrogen and oxygen atoms in total. The van der Waals surface area contributed by atoms with Crippen LogP contribution in [0, 0.1) is 0 Å². The third-order valence-corrected chi connectivity index (χ3v) is 3.67. The van der Waals surface area contributed by atoms with Crippen molar-refractivity contribution in [3.05, 3.63) is 34.3 Å². The molecule has 0 atom stereocenters. The molecule has 2 aromatic heterocycles. The highest BCUT2D eigenvalue weighted by Crippen LogP contribution is 2.29. The standard InChI is InChI=1S/C13H15F3N4S/c1-8(2)20(7-9-4-3-5-21-9)11-6-10(17)18-12(19-11)13(14,15)16/h3-6,8H,7H2,1-2H3,(H2,17,18,19). The second-order valence-electron chi connectivity index (χ2n) is 4.77. The van der Waals surface area contributed by atoms with Crippen molar-refractivity contribution < 1.29 is 13.2 Å². The van der Waals surface area contributed by atoms with Gasteiger partial charge in [-0.05, 0) is 25.3 Å². The van der Waals surface area contributed by atoms with Gasteiger partial charge in [-0.2, -0.15) is 13.2 Å². The Kier molecular flexibility index (Phi) is 4.36. The molecule has 0 radical (unpaired) electrons. The summed E-state index contributed by atoms with van der Waals surface area (Å²) in [5.74, 6) is -1.23. The van der Waals surface area contributed by atoms with Gasteiger partial charge in [0.05, 0.1) is 6.54 Å². The zero-order valence-electron chi connectivity index (χ0n) is 11.6. The number of nitrogens with zero attached hydrogens (tertiary/aromatic N) is 3. The maximum atomic E-state index is 12.8. The van der Waals surface area contributed by atoms with Gasteiger partial charge < -0.3 is 10.6 Å². The molecule has 0 spiro atoms. The van der Waals surface area contributed by atoms with Crippen LogP contribution in [-0.4, -0.2) is 16.0 Å². The van der Waals surface area contributed by atoms with Gasteiger partial charge in [0.2, 0.25) is 5.82 Å². The summed E-state index contributed by atoms with van der Waals surface area (Å²) < 4.78 is 38.4. The van der Waals surface area contributed by atoms with E-state index in [4.69, 9.17) is 5.73 Å². The monoisotopic (exact) mass is 316 g/mol. The summed E-state index contributed by atoms with van der Waals surface area (Å²) in [5.41, 5.74) is 5.49. The molecular weight excluding hydrogens is 301 g/mol. The minimum absolute atomic E-state index is 0.0255. The number of thiophene rings is 1. The number of alkyl halides is 3. The Bertz CT molecular complexity index is 596. The topological polar surface area (TPSA) is 55.0 Å². The van der Waals surface area contributed by atoms with Crippen molar-refractivity contribution in [1.82, 2.24) is 9.97 Å². The Labute approximate surface area is 124 Å². The van der Waals surface area contributed by atoms with E-state index in [2.05, 4.69) is 9.97 Å². The van der Waals surface area contributed by atoms with Gasteiger partial charge in [0.15, 0.2) is 0 Å². The van der Waals surface area contributed by atoms with E-state index in [9.17, 15) is 13.2 Å². The molecule has 2 N–H and O–H groups in total. The van der Waals surface area contributed by atoms with Crippen LogP contribution >= 0.6 is 11.3 Å². The van der Waals surface area contributed by atoms with Gasteiger partial charge in [0, 0.05) is 17.0 Å². The van der Waals surface area contributed by atoms with Crippen LogP contribution in [0.2, 0.25) is 0 Å². The normalized spacial score (nSPS) is 11.9. The molecule has 0 fully saturated rings. The molecule has 0 aromatic carbocycles. The highest BCUT2D eigenvalue weighted by atomic mass is 32.1. The first-order valence-electron chi connectivity index (χ1n) is 6.28. The molecule has 2 rings (SSSR count). The van der Waals surface area contributed by atoms with Crippen molar-refractivity contribution in [2.24, 2.45) is 0 Å². The number of nitrogen functional groups attached to an aromatic ring is 1. The number of aromatic nitrogens is 2. The van der Waals surface area contributed by atoms with Crippen LogP contribution in [0.3, 0.4) is 0 Å². The first-order chi connectivity index (χ1) is 9.77. The van der Waals surface area contributed by atoms with Crippen LogP contribution in [0.15, 0.2) is 23.6 Å². The van der Waals surface area contributed by atoms with E-state index < -0.39 is 12.0 Å². The van der Waals surface area contributed by atoms with Crippen molar-refractivity contribution in [2.75, 3.05) is 10.6 Å². The van der Waals surface area contributed by atoms with Crippen LogP contribution in [0.5, 0.6) is 0 Å². The average Bonchev–Trinajstić information content (AvgIpc) is 2.86. The molecule has 21 heavy (non-hydrogen) atoms. The van der Waals surface area contributed by atoms with E-state index in [0.717, 1.165) is 4.88 Å². The number of hydrogen-bond donors (Lipinski definition) is 1. The average molecular weight is 316 g/mol. The largest absolute Gasteiger partial charge is 0.451 e. The summed E-state index contributed by atoms with van der Waals surface area (Å²) >= 11 is 1.54. The zero-order valence-corrected chi connectivity index (χ0v) is 12.4. The molecule has 114 valence electrons. The first-order valence-corrected chi connectivity index (χ1v) is 7.16. The maximum absolute atomic E-state index is 12.8. The lowest BCUT2D eigenvalue weighted by Gasteiger charge is -2.28. The second-order valence-corrected chi connectivity index (χ2v) is 5.81. The number of anilines is 2. The molecule has 0 saturated carbocycles. The van der Waals surface area contributed by atoms with Gasteiger partial charge in [-0.15, -0.1) is 11.3 Å². The quantitative estimate of drug-likeness (QED) is 0.937. The summed E-state index contributed by atoms with van der Waals surface area (Å²) in [6.07, 6.45) is -4.62. The fraction of sp³-hybridized carbons (Fsp3) is 0.385. The summed E-state index contributed by atoms with van der Waals surface area (Å²) in [5, 5.41) is 1.92. The molecule has 2 aromatic rings. The lowest BCUT2D eigenvalue weighted by Crippen LogP contribution is -2.31. The van der Waals surface area contributed by atoms with Gasteiger partial charge in [-0.3, -0.25) is 0 Å². The summed E-state index contributed by atoms with van der Waals surface area (Å²) in [6, 6.07) is 5.16. The molecule has 0 aliphatic heterocycles. The Morgan fingerprint density at radius 1 is 1.33 bits per heavy atom. The Morgan fingerprint density at radius 2 is 2.05 bits per heavy atom. The number of hydrogen-bond acceptors (Lipinski definition) is 5. The van der Waals surface area contributed by atoms with E-state index in [1.807, 2.05) is 31.4 Å². The lowest BCUT2D eigenvalue weighted by molar-refractivity contribution is -0.144. The van der Waals surface area contributed by atoms with Crippen LogP contribution in [-0.2, 0) is 12.7 Å². The number of rotatable bonds is 4. The van der Waals surface area contributed by atoms with Gasteiger partial charge in [0.25, 0.3) is 0 Å². The predicted molar refractivity (Wildman–Crippen MR) is 77.1 cm³/mol. The van der Waals surface area contributed by atoms with Crippen molar-refractivity contribution in [1.29, 1.82) is 0 Å². The number of halogens is 3. The Balaban J connectivity index is 2.38. The van der Waals surface area contributed by atoms with Crippen molar-refractivity contribution in [2.45, 2.75) is 32.6 Å². The van der Waals surface area contributed by atoms with Crippen molar-refractivity contribution >= 4 is 23.0 Å². The van der Waals surface area contributed by atoms with Crippen LogP contribution in [0.1, 0.15) is 24.5 Å². The minimum Gasteiger partial charge on any atom is -0.384 e. The molecule has 0 bridgehead atoms. The minimum atomic E-state index is -4.62. The smallest absolute Gasteiger partial charge is 0.384 e. The highest BCUT2D eigenvalue weighted by Gasteiger charge is 2.35. The molecule has 0 saturated heterocycles. The maximum Gasteiger partial charge on any atom is 0.451 e. The van der Waals surface area contributed by atoms with Gasteiger partial charge >= 0.3 is 6.18 Å². The highest BCUT2D eigenvalue weighted by molar-refractivity contribution is 7.09. The van der Waals surface area contributed by atoms with E-state index in [1.165, 1.54) is 17.4 Å². The molecule has 0 aliphatic rings. The molecular formula is C13H15F3N4S. The van der Waals surface area contributed by atoms with Gasteiger partial charge in [-0.25, -0.2) is 9.97 Å². The van der Waals surface area contributed by atoms with E-state index in [-0.39, 0.29) is 17.7 Å². The van der Waals surface area contributed by atoms with E-state index in [0.29, 0.717) is 6.54 Å². The Hall–Kier alpha value is -1.83. The zero-order chi connectivity index (χ0) is 15.6. The third kappa shape index (κ3) is 3.84. The van der Waals surface area contributed by atoms with E-state index >= 15 is 0 Å².